The fourth-order valence-corrected chi connectivity index (χ4v) is 3.08. The van der Waals surface area contributed by atoms with E-state index in [9.17, 15) is 9.90 Å². The molecule has 0 aliphatic heterocycles. The summed E-state index contributed by atoms with van der Waals surface area (Å²) >= 11 is 0. The van der Waals surface area contributed by atoms with Crippen molar-refractivity contribution in [3.8, 4) is 0 Å². The Morgan fingerprint density at radius 2 is 1.75 bits per heavy atom. The number of carbonyl (C=O) groups excluding carboxylic acids is 1. The zero-order valence-corrected chi connectivity index (χ0v) is 11.5. The van der Waals surface area contributed by atoms with Crippen molar-refractivity contribution in [3.05, 3.63) is 71.3 Å². The molecule has 1 aliphatic carbocycles. The number of rotatable bonds is 3. The van der Waals surface area contributed by atoms with Gasteiger partial charge < -0.3 is 5.11 Å². The first-order valence-corrected chi connectivity index (χ1v) is 6.98. The SMILES string of the molecule is CC(O)(CC1Cc2ccccc2C1=O)c1ccccc1. The van der Waals surface area contributed by atoms with Crippen LogP contribution < -0.4 is 0 Å². The fraction of sp³-hybridized carbons (Fsp3) is 0.278. The largest absolute Gasteiger partial charge is 0.385 e. The van der Waals surface area contributed by atoms with Crippen molar-refractivity contribution in [2.45, 2.75) is 25.4 Å². The van der Waals surface area contributed by atoms with Crippen molar-refractivity contribution in [1.82, 2.24) is 0 Å². The molecule has 3 rings (SSSR count). The summed E-state index contributed by atoms with van der Waals surface area (Å²) < 4.78 is 0. The molecule has 0 amide bonds. The highest BCUT2D eigenvalue weighted by Crippen LogP contribution is 2.35. The minimum atomic E-state index is -0.969. The molecule has 0 aromatic heterocycles. The maximum atomic E-state index is 12.4. The number of hydrogen-bond acceptors (Lipinski definition) is 2. The Morgan fingerprint density at radius 1 is 1.10 bits per heavy atom. The quantitative estimate of drug-likeness (QED) is 0.925. The van der Waals surface area contributed by atoms with Crippen LogP contribution in [0.2, 0.25) is 0 Å². The van der Waals surface area contributed by atoms with Gasteiger partial charge in [-0.25, -0.2) is 0 Å². The highest BCUT2D eigenvalue weighted by Gasteiger charge is 2.36. The second kappa shape index (κ2) is 4.88. The van der Waals surface area contributed by atoms with Gasteiger partial charge in [0.05, 0.1) is 5.60 Å². The molecule has 2 atom stereocenters. The second-order valence-corrected chi connectivity index (χ2v) is 5.77. The number of hydrogen-bond donors (Lipinski definition) is 1. The predicted octanol–water partition coefficient (Wildman–Crippen LogP) is 3.34. The van der Waals surface area contributed by atoms with E-state index in [1.54, 1.807) is 6.92 Å². The number of Topliss-reactive ketones (excluding diaryl/α,β-unsaturated/α-hetero) is 1. The van der Waals surface area contributed by atoms with Gasteiger partial charge in [0.2, 0.25) is 0 Å². The van der Waals surface area contributed by atoms with Crippen molar-refractivity contribution in [3.63, 3.8) is 0 Å². The predicted molar refractivity (Wildman–Crippen MR) is 78.6 cm³/mol. The van der Waals surface area contributed by atoms with Crippen LogP contribution in [0, 0.1) is 5.92 Å². The van der Waals surface area contributed by atoms with Crippen LogP contribution in [0.4, 0.5) is 0 Å². The Bertz CT molecular complexity index is 629. The van der Waals surface area contributed by atoms with Crippen LogP contribution in [0.15, 0.2) is 54.6 Å². The Labute approximate surface area is 119 Å². The van der Waals surface area contributed by atoms with E-state index >= 15 is 0 Å². The molecule has 0 fully saturated rings. The summed E-state index contributed by atoms with van der Waals surface area (Å²) in [6.07, 6.45) is 1.20. The summed E-state index contributed by atoms with van der Waals surface area (Å²) in [5.41, 5.74) is 1.82. The maximum absolute atomic E-state index is 12.4. The highest BCUT2D eigenvalue weighted by atomic mass is 16.3. The first kappa shape index (κ1) is 13.1. The molecule has 20 heavy (non-hydrogen) atoms. The molecule has 0 heterocycles. The standard InChI is InChI=1S/C18H18O2/c1-18(20,15-8-3-2-4-9-15)12-14-11-13-7-5-6-10-16(13)17(14)19/h2-10,14,20H,11-12H2,1H3. The summed E-state index contributed by atoms with van der Waals surface area (Å²) in [7, 11) is 0. The first-order chi connectivity index (χ1) is 9.58. The lowest BCUT2D eigenvalue weighted by atomic mass is 9.84. The normalized spacial score (nSPS) is 20.5. The van der Waals surface area contributed by atoms with Crippen LogP contribution >= 0.6 is 0 Å². The van der Waals surface area contributed by atoms with E-state index in [0.717, 1.165) is 23.1 Å². The Hall–Kier alpha value is -1.93. The van der Waals surface area contributed by atoms with Crippen LogP contribution in [0.25, 0.3) is 0 Å². The summed E-state index contributed by atoms with van der Waals surface area (Å²) in [5, 5.41) is 10.7. The third-order valence-corrected chi connectivity index (χ3v) is 4.16. The van der Waals surface area contributed by atoms with E-state index in [4.69, 9.17) is 0 Å². The smallest absolute Gasteiger partial charge is 0.166 e. The third kappa shape index (κ3) is 2.27. The van der Waals surface area contributed by atoms with E-state index in [2.05, 4.69) is 0 Å². The molecule has 1 N–H and O–H groups in total. The summed E-state index contributed by atoms with van der Waals surface area (Å²) in [5.74, 6) is 0.0411. The van der Waals surface area contributed by atoms with Gasteiger partial charge in [0.1, 0.15) is 0 Å². The van der Waals surface area contributed by atoms with E-state index in [1.165, 1.54) is 0 Å². The molecule has 0 bridgehead atoms. The molecular weight excluding hydrogens is 248 g/mol. The van der Waals surface area contributed by atoms with E-state index < -0.39 is 5.60 Å². The number of carbonyl (C=O) groups is 1. The molecule has 2 heteroatoms. The zero-order chi connectivity index (χ0) is 14.2. The van der Waals surface area contributed by atoms with Crippen LogP contribution in [0.5, 0.6) is 0 Å². The lowest BCUT2D eigenvalue weighted by Crippen LogP contribution is -2.27. The number of fused-ring (bicyclic) bond motifs is 1. The topological polar surface area (TPSA) is 37.3 Å². The fourth-order valence-electron chi connectivity index (χ4n) is 3.08. The van der Waals surface area contributed by atoms with Crippen molar-refractivity contribution in [1.29, 1.82) is 0 Å². The summed E-state index contributed by atoms with van der Waals surface area (Å²) in [6.45, 7) is 1.79. The highest BCUT2D eigenvalue weighted by molar-refractivity contribution is 6.02. The molecule has 2 unspecified atom stereocenters. The van der Waals surface area contributed by atoms with Gasteiger partial charge in [0.15, 0.2) is 5.78 Å². The lowest BCUT2D eigenvalue weighted by Gasteiger charge is -2.26. The van der Waals surface area contributed by atoms with Gasteiger partial charge in [-0.2, -0.15) is 0 Å². The van der Waals surface area contributed by atoms with Gasteiger partial charge in [-0.15, -0.1) is 0 Å². The molecule has 2 nitrogen and oxygen atoms in total. The van der Waals surface area contributed by atoms with Gasteiger partial charge in [0, 0.05) is 11.5 Å². The summed E-state index contributed by atoms with van der Waals surface area (Å²) in [6, 6.07) is 17.3. The number of benzene rings is 2. The molecular formula is C18H18O2. The van der Waals surface area contributed by atoms with Crippen LogP contribution in [-0.4, -0.2) is 10.9 Å². The molecule has 0 spiro atoms. The molecule has 2 aromatic carbocycles. The molecule has 0 radical (unpaired) electrons. The third-order valence-electron chi connectivity index (χ3n) is 4.16. The van der Waals surface area contributed by atoms with E-state index in [1.807, 2.05) is 54.6 Å². The first-order valence-electron chi connectivity index (χ1n) is 6.98. The second-order valence-electron chi connectivity index (χ2n) is 5.77. The molecule has 2 aromatic rings. The average Bonchev–Trinajstić information content (AvgIpc) is 2.76. The minimum absolute atomic E-state index is 0.123. The summed E-state index contributed by atoms with van der Waals surface area (Å²) in [4.78, 5) is 12.4. The molecule has 0 saturated carbocycles. The van der Waals surface area contributed by atoms with Crippen molar-refractivity contribution in [2.24, 2.45) is 5.92 Å². The monoisotopic (exact) mass is 266 g/mol. The average molecular weight is 266 g/mol. The Kier molecular flexibility index (Phi) is 3.19. The molecule has 102 valence electrons. The van der Waals surface area contributed by atoms with E-state index in [-0.39, 0.29) is 11.7 Å². The minimum Gasteiger partial charge on any atom is -0.385 e. The van der Waals surface area contributed by atoms with Crippen LogP contribution in [-0.2, 0) is 12.0 Å². The lowest BCUT2D eigenvalue weighted by molar-refractivity contribution is 0.0300. The molecule has 1 aliphatic rings. The van der Waals surface area contributed by atoms with Gasteiger partial charge >= 0.3 is 0 Å². The number of ketones is 1. The maximum Gasteiger partial charge on any atom is 0.166 e. The van der Waals surface area contributed by atoms with Gasteiger partial charge in [-0.3, -0.25) is 4.79 Å². The molecule has 0 saturated heterocycles. The van der Waals surface area contributed by atoms with Gasteiger partial charge in [0.25, 0.3) is 0 Å². The number of aliphatic hydroxyl groups is 1. The Balaban J connectivity index is 1.82. The zero-order valence-electron chi connectivity index (χ0n) is 11.5. The van der Waals surface area contributed by atoms with Crippen molar-refractivity contribution in [2.75, 3.05) is 0 Å². The van der Waals surface area contributed by atoms with Gasteiger partial charge in [-0.1, -0.05) is 54.6 Å². The van der Waals surface area contributed by atoms with Gasteiger partial charge in [-0.05, 0) is 30.9 Å². The van der Waals surface area contributed by atoms with Crippen molar-refractivity contribution >= 4 is 5.78 Å². The van der Waals surface area contributed by atoms with Crippen LogP contribution in [0.3, 0.4) is 0 Å². The van der Waals surface area contributed by atoms with Crippen molar-refractivity contribution < 1.29 is 9.90 Å². The van der Waals surface area contributed by atoms with Crippen LogP contribution in [0.1, 0.15) is 34.8 Å². The van der Waals surface area contributed by atoms with E-state index in [0.29, 0.717) is 6.42 Å². The Morgan fingerprint density at radius 3 is 2.45 bits per heavy atom.